The van der Waals surface area contributed by atoms with Crippen molar-refractivity contribution in [3.63, 3.8) is 0 Å². The van der Waals surface area contributed by atoms with E-state index >= 15 is 0 Å². The van der Waals surface area contributed by atoms with Gasteiger partial charge < -0.3 is 5.32 Å². The first-order chi connectivity index (χ1) is 9.90. The Bertz CT molecular complexity index is 629. The molecule has 21 heavy (non-hydrogen) atoms. The van der Waals surface area contributed by atoms with Gasteiger partial charge in [-0.1, -0.05) is 43.1 Å². The molecule has 0 unspecified atom stereocenters. The molecular formula is C14H13ClF3N3. The van der Waals surface area contributed by atoms with Gasteiger partial charge in [0.05, 0.1) is 0 Å². The van der Waals surface area contributed by atoms with Crippen molar-refractivity contribution in [1.82, 2.24) is 9.97 Å². The van der Waals surface area contributed by atoms with Crippen LogP contribution in [0.1, 0.15) is 24.7 Å². The molecule has 2 aromatic rings. The molecule has 0 aliphatic heterocycles. The summed E-state index contributed by atoms with van der Waals surface area (Å²) in [7, 11) is 0. The van der Waals surface area contributed by atoms with Crippen molar-refractivity contribution >= 4 is 23.1 Å². The van der Waals surface area contributed by atoms with Crippen molar-refractivity contribution < 1.29 is 13.2 Å². The monoisotopic (exact) mass is 315 g/mol. The molecular weight excluding hydrogens is 303 g/mol. The number of hydrogen-bond acceptors (Lipinski definition) is 3. The average Bonchev–Trinajstić information content (AvgIpc) is 2.40. The minimum absolute atomic E-state index is 0.0193. The summed E-state index contributed by atoms with van der Waals surface area (Å²) in [6.07, 6.45) is -2.89. The fourth-order valence-corrected chi connectivity index (χ4v) is 2.06. The fraction of sp³-hybridized carbons (Fsp3) is 0.286. The molecule has 0 radical (unpaired) electrons. The second-order valence-corrected chi connectivity index (χ2v) is 4.82. The third kappa shape index (κ3) is 4.07. The van der Waals surface area contributed by atoms with E-state index in [-0.39, 0.29) is 11.0 Å². The molecule has 0 fully saturated rings. The van der Waals surface area contributed by atoms with Crippen molar-refractivity contribution in [3.05, 3.63) is 46.9 Å². The first-order valence-corrected chi connectivity index (χ1v) is 6.74. The predicted molar refractivity (Wildman–Crippen MR) is 75.8 cm³/mol. The molecule has 3 nitrogen and oxygen atoms in total. The van der Waals surface area contributed by atoms with Crippen LogP contribution in [0, 0.1) is 0 Å². The Balaban J connectivity index is 2.34. The number of rotatable bonds is 4. The van der Waals surface area contributed by atoms with Crippen molar-refractivity contribution in [1.29, 1.82) is 0 Å². The number of nitrogens with zero attached hydrogens (tertiary/aromatic N) is 2. The molecule has 0 saturated carbocycles. The summed E-state index contributed by atoms with van der Waals surface area (Å²) >= 11 is 5.63. The Hall–Kier alpha value is -1.82. The SMILES string of the molecule is CCCc1ccccc1Nc1cc(Cl)nc(C(F)(F)F)n1. The first-order valence-electron chi connectivity index (χ1n) is 6.37. The molecule has 0 spiro atoms. The average molecular weight is 316 g/mol. The number of nitrogens with one attached hydrogen (secondary N) is 1. The van der Waals surface area contributed by atoms with E-state index in [4.69, 9.17) is 11.6 Å². The Labute approximate surface area is 125 Å². The number of hydrogen-bond donors (Lipinski definition) is 1. The second kappa shape index (κ2) is 6.30. The quantitative estimate of drug-likeness (QED) is 0.820. The molecule has 0 amide bonds. The highest BCUT2D eigenvalue weighted by Crippen LogP contribution is 2.29. The van der Waals surface area contributed by atoms with Crippen molar-refractivity contribution in [3.8, 4) is 0 Å². The number of para-hydroxylation sites is 1. The van der Waals surface area contributed by atoms with Gasteiger partial charge in [-0.25, -0.2) is 9.97 Å². The van der Waals surface area contributed by atoms with Crippen LogP contribution in [0.2, 0.25) is 5.15 Å². The Morgan fingerprint density at radius 1 is 1.19 bits per heavy atom. The van der Waals surface area contributed by atoms with Gasteiger partial charge >= 0.3 is 6.18 Å². The molecule has 2 rings (SSSR count). The molecule has 7 heteroatoms. The van der Waals surface area contributed by atoms with Gasteiger partial charge in [-0.2, -0.15) is 13.2 Å². The summed E-state index contributed by atoms with van der Waals surface area (Å²) in [6.45, 7) is 2.03. The van der Waals surface area contributed by atoms with Crippen molar-refractivity contribution in [2.75, 3.05) is 5.32 Å². The minimum atomic E-state index is -4.63. The molecule has 0 atom stereocenters. The van der Waals surface area contributed by atoms with Crippen LogP contribution in [0.3, 0.4) is 0 Å². The van der Waals surface area contributed by atoms with Gasteiger partial charge in [-0.3, -0.25) is 0 Å². The molecule has 0 bridgehead atoms. The van der Waals surface area contributed by atoms with Gasteiger partial charge in [0, 0.05) is 11.8 Å². The summed E-state index contributed by atoms with van der Waals surface area (Å²) < 4.78 is 38.0. The summed E-state index contributed by atoms with van der Waals surface area (Å²) in [6, 6.07) is 8.65. The van der Waals surface area contributed by atoms with E-state index in [1.807, 2.05) is 19.1 Å². The highest BCUT2D eigenvalue weighted by molar-refractivity contribution is 6.29. The Morgan fingerprint density at radius 2 is 1.90 bits per heavy atom. The summed E-state index contributed by atoms with van der Waals surface area (Å²) in [4.78, 5) is 6.66. The van der Waals surface area contributed by atoms with E-state index in [2.05, 4.69) is 15.3 Å². The van der Waals surface area contributed by atoms with E-state index in [1.165, 1.54) is 6.07 Å². The van der Waals surface area contributed by atoms with E-state index in [9.17, 15) is 13.2 Å². The predicted octanol–water partition coefficient (Wildman–Crippen LogP) is 4.84. The van der Waals surface area contributed by atoms with Crippen LogP contribution < -0.4 is 5.32 Å². The number of anilines is 2. The van der Waals surface area contributed by atoms with Crippen LogP contribution in [0.15, 0.2) is 30.3 Å². The third-order valence-electron chi connectivity index (χ3n) is 2.75. The van der Waals surface area contributed by atoms with E-state index < -0.39 is 12.0 Å². The van der Waals surface area contributed by atoms with Crippen LogP contribution >= 0.6 is 11.6 Å². The first kappa shape index (κ1) is 15.6. The number of halogens is 4. The molecule has 1 N–H and O–H groups in total. The summed E-state index contributed by atoms with van der Waals surface area (Å²) in [5.41, 5.74) is 1.71. The molecule has 0 saturated heterocycles. The van der Waals surface area contributed by atoms with Gasteiger partial charge in [0.1, 0.15) is 11.0 Å². The summed E-state index contributed by atoms with van der Waals surface area (Å²) in [5.74, 6) is -1.24. The van der Waals surface area contributed by atoms with Crippen molar-refractivity contribution in [2.45, 2.75) is 25.9 Å². The largest absolute Gasteiger partial charge is 0.451 e. The zero-order chi connectivity index (χ0) is 15.5. The van der Waals surface area contributed by atoms with E-state index in [1.54, 1.807) is 12.1 Å². The Morgan fingerprint density at radius 3 is 2.57 bits per heavy atom. The standard InChI is InChI=1S/C14H13ClF3N3/c1-2-5-9-6-3-4-7-10(9)19-12-8-11(15)20-13(21-12)14(16,17)18/h3-4,6-8H,2,5H2,1H3,(H,19,20,21). The molecule has 0 aliphatic carbocycles. The molecule has 1 aromatic heterocycles. The lowest BCUT2D eigenvalue weighted by molar-refractivity contribution is -0.144. The molecule has 1 heterocycles. The third-order valence-corrected chi connectivity index (χ3v) is 2.94. The highest BCUT2D eigenvalue weighted by atomic mass is 35.5. The topological polar surface area (TPSA) is 37.8 Å². The zero-order valence-electron chi connectivity index (χ0n) is 11.2. The lowest BCUT2D eigenvalue weighted by Gasteiger charge is -2.12. The fourth-order valence-electron chi connectivity index (χ4n) is 1.88. The molecule has 0 aliphatic rings. The maximum Gasteiger partial charge on any atom is 0.451 e. The number of benzene rings is 1. The normalized spacial score (nSPS) is 11.5. The van der Waals surface area contributed by atoms with E-state index in [0.29, 0.717) is 5.69 Å². The smallest absolute Gasteiger partial charge is 0.340 e. The van der Waals surface area contributed by atoms with Crippen LogP contribution in [-0.4, -0.2) is 9.97 Å². The van der Waals surface area contributed by atoms with Crippen LogP contribution in [0.25, 0.3) is 0 Å². The number of aryl methyl sites for hydroxylation is 1. The van der Waals surface area contributed by atoms with Crippen LogP contribution in [0.4, 0.5) is 24.7 Å². The van der Waals surface area contributed by atoms with Gasteiger partial charge in [0.25, 0.3) is 0 Å². The van der Waals surface area contributed by atoms with Crippen LogP contribution in [0.5, 0.6) is 0 Å². The van der Waals surface area contributed by atoms with Crippen molar-refractivity contribution in [2.24, 2.45) is 0 Å². The Kier molecular flexibility index (Phi) is 4.67. The molecule has 1 aromatic carbocycles. The van der Waals surface area contributed by atoms with Gasteiger partial charge in [-0.05, 0) is 18.1 Å². The van der Waals surface area contributed by atoms with E-state index in [0.717, 1.165) is 18.4 Å². The second-order valence-electron chi connectivity index (χ2n) is 4.43. The lowest BCUT2D eigenvalue weighted by Crippen LogP contribution is -2.12. The molecule has 112 valence electrons. The highest BCUT2D eigenvalue weighted by Gasteiger charge is 2.35. The lowest BCUT2D eigenvalue weighted by atomic mass is 10.1. The maximum absolute atomic E-state index is 12.7. The number of aromatic nitrogens is 2. The minimum Gasteiger partial charge on any atom is -0.340 e. The number of alkyl halides is 3. The maximum atomic E-state index is 12.7. The zero-order valence-corrected chi connectivity index (χ0v) is 12.0. The van der Waals surface area contributed by atoms with Gasteiger partial charge in [0.2, 0.25) is 5.82 Å². The summed E-state index contributed by atoms with van der Waals surface area (Å²) in [5, 5.41) is 2.62. The van der Waals surface area contributed by atoms with Gasteiger partial charge in [-0.15, -0.1) is 0 Å². The van der Waals surface area contributed by atoms with Gasteiger partial charge in [0.15, 0.2) is 0 Å². The van der Waals surface area contributed by atoms with Crippen LogP contribution in [-0.2, 0) is 12.6 Å².